The van der Waals surface area contributed by atoms with E-state index in [-0.39, 0.29) is 5.91 Å². The first-order chi connectivity index (χ1) is 14.1. The van der Waals surface area contributed by atoms with E-state index in [0.717, 1.165) is 54.4 Å². The molecule has 1 aliphatic heterocycles. The van der Waals surface area contributed by atoms with Crippen molar-refractivity contribution < 1.29 is 4.79 Å². The molecule has 9 heteroatoms. The number of fused-ring (bicyclic) bond motifs is 1. The van der Waals surface area contributed by atoms with Gasteiger partial charge < -0.3 is 20.1 Å². The molecule has 29 heavy (non-hydrogen) atoms. The minimum absolute atomic E-state index is 0.0504. The summed E-state index contributed by atoms with van der Waals surface area (Å²) in [7, 11) is 3.60. The van der Waals surface area contributed by atoms with Crippen molar-refractivity contribution in [3.8, 4) is 0 Å². The summed E-state index contributed by atoms with van der Waals surface area (Å²) < 4.78 is 1.71. The molecule has 1 aliphatic rings. The van der Waals surface area contributed by atoms with Crippen LogP contribution >= 0.6 is 0 Å². The molecule has 9 nitrogen and oxygen atoms in total. The Labute approximate surface area is 169 Å². The number of carbonyl (C=O) groups is 1. The fraction of sp³-hybridized carbons (Fsp3) is 0.400. The van der Waals surface area contributed by atoms with Gasteiger partial charge in [-0.3, -0.25) is 14.5 Å². The van der Waals surface area contributed by atoms with Crippen LogP contribution in [0.4, 0.5) is 5.69 Å². The van der Waals surface area contributed by atoms with Crippen molar-refractivity contribution in [1.82, 2.24) is 30.0 Å². The lowest BCUT2D eigenvalue weighted by molar-refractivity contribution is -0.120. The Balaban J connectivity index is 1.26. The number of rotatable bonds is 5. The second-order valence-electron chi connectivity index (χ2n) is 7.12. The maximum absolute atomic E-state index is 12.6. The molecule has 0 unspecified atom stereocenters. The van der Waals surface area contributed by atoms with Crippen molar-refractivity contribution in [2.45, 2.75) is 12.8 Å². The number of imidazole rings is 1. The molecular weight excluding hydrogens is 368 g/mol. The standard InChI is InChI=1S/C20H26N8O/c1-21-20(22-9-5-8-18-24-16-6-3-4-7-17(16)25-18)27-10-11-28(19(29)14-27)15-12-23-26(2)13-15/h3-4,6-7,12-13H,5,8-11,14H2,1-2H3,(H,21,22)(H,24,25). The van der Waals surface area contributed by atoms with Crippen molar-refractivity contribution in [1.29, 1.82) is 0 Å². The molecule has 1 fully saturated rings. The van der Waals surface area contributed by atoms with Crippen LogP contribution in [0.2, 0.25) is 0 Å². The number of hydrogen-bond acceptors (Lipinski definition) is 4. The molecule has 152 valence electrons. The number of aromatic nitrogens is 4. The second kappa shape index (κ2) is 8.34. The predicted molar refractivity (Wildman–Crippen MR) is 113 cm³/mol. The van der Waals surface area contributed by atoms with E-state index in [4.69, 9.17) is 0 Å². The van der Waals surface area contributed by atoms with Crippen LogP contribution in [0.3, 0.4) is 0 Å². The zero-order chi connectivity index (χ0) is 20.2. The first-order valence-electron chi connectivity index (χ1n) is 9.82. The van der Waals surface area contributed by atoms with E-state index in [1.54, 1.807) is 22.8 Å². The van der Waals surface area contributed by atoms with E-state index in [1.165, 1.54) is 0 Å². The smallest absolute Gasteiger partial charge is 0.246 e. The summed E-state index contributed by atoms with van der Waals surface area (Å²) in [4.78, 5) is 28.7. The largest absolute Gasteiger partial charge is 0.356 e. The van der Waals surface area contributed by atoms with E-state index in [0.29, 0.717) is 13.1 Å². The van der Waals surface area contributed by atoms with E-state index >= 15 is 0 Å². The van der Waals surface area contributed by atoms with Gasteiger partial charge in [-0.15, -0.1) is 0 Å². The Morgan fingerprint density at radius 2 is 2.17 bits per heavy atom. The van der Waals surface area contributed by atoms with Crippen LogP contribution in [0.5, 0.6) is 0 Å². The first-order valence-corrected chi connectivity index (χ1v) is 9.82. The minimum atomic E-state index is 0.0504. The molecule has 1 amide bonds. The van der Waals surface area contributed by atoms with Crippen LogP contribution in [-0.4, -0.2) is 69.7 Å². The molecule has 0 radical (unpaired) electrons. The maximum Gasteiger partial charge on any atom is 0.246 e. The highest BCUT2D eigenvalue weighted by molar-refractivity contribution is 5.98. The number of nitrogens with one attached hydrogen (secondary N) is 2. The van der Waals surface area contributed by atoms with E-state index in [2.05, 4.69) is 25.4 Å². The number of hydrogen-bond donors (Lipinski definition) is 2. The highest BCUT2D eigenvalue weighted by Gasteiger charge is 2.27. The number of amides is 1. The lowest BCUT2D eigenvalue weighted by Crippen LogP contribution is -2.55. The van der Waals surface area contributed by atoms with Crippen LogP contribution in [0.25, 0.3) is 11.0 Å². The van der Waals surface area contributed by atoms with Crippen LogP contribution in [-0.2, 0) is 18.3 Å². The maximum atomic E-state index is 12.6. The highest BCUT2D eigenvalue weighted by Crippen LogP contribution is 2.16. The molecule has 0 spiro atoms. The van der Waals surface area contributed by atoms with Gasteiger partial charge in [0.15, 0.2) is 5.96 Å². The Kier molecular flexibility index (Phi) is 5.46. The first kappa shape index (κ1) is 19.0. The second-order valence-corrected chi connectivity index (χ2v) is 7.12. The molecule has 2 aromatic heterocycles. The summed E-state index contributed by atoms with van der Waals surface area (Å²) in [6.07, 6.45) is 5.35. The molecule has 0 bridgehead atoms. The molecule has 1 saturated heterocycles. The summed E-state index contributed by atoms with van der Waals surface area (Å²) in [6.45, 7) is 2.41. The number of benzene rings is 1. The fourth-order valence-corrected chi connectivity index (χ4v) is 3.59. The topological polar surface area (TPSA) is 94.4 Å². The normalized spacial score (nSPS) is 15.4. The van der Waals surface area contributed by atoms with Crippen molar-refractivity contribution in [2.24, 2.45) is 12.0 Å². The lowest BCUT2D eigenvalue weighted by Gasteiger charge is -2.35. The number of guanidine groups is 1. The van der Waals surface area contributed by atoms with Gasteiger partial charge in [0.1, 0.15) is 12.4 Å². The van der Waals surface area contributed by atoms with Gasteiger partial charge >= 0.3 is 0 Å². The number of nitrogens with zero attached hydrogens (tertiary/aromatic N) is 6. The molecule has 4 rings (SSSR count). The number of carbonyl (C=O) groups excluding carboxylic acids is 1. The van der Waals surface area contributed by atoms with Crippen LogP contribution in [0, 0.1) is 0 Å². The van der Waals surface area contributed by atoms with Gasteiger partial charge in [0.2, 0.25) is 5.91 Å². The van der Waals surface area contributed by atoms with Gasteiger partial charge in [-0.25, -0.2) is 4.98 Å². The average Bonchev–Trinajstić information content (AvgIpc) is 3.33. The summed E-state index contributed by atoms with van der Waals surface area (Å²) in [6, 6.07) is 8.05. The Morgan fingerprint density at radius 1 is 1.31 bits per heavy atom. The number of para-hydroxylation sites is 2. The molecule has 3 aromatic rings. The number of aryl methyl sites for hydroxylation is 2. The monoisotopic (exact) mass is 394 g/mol. The minimum Gasteiger partial charge on any atom is -0.356 e. The van der Waals surface area contributed by atoms with Crippen molar-refractivity contribution in [2.75, 3.05) is 38.1 Å². The Bertz CT molecular complexity index is 987. The third-order valence-corrected chi connectivity index (χ3v) is 5.05. The number of aromatic amines is 1. The SMILES string of the molecule is CN=C(NCCCc1nc2ccccc2[nH]1)N1CCN(c2cnn(C)c2)C(=O)C1. The van der Waals surface area contributed by atoms with Gasteiger partial charge in [-0.05, 0) is 18.6 Å². The third kappa shape index (κ3) is 4.23. The highest BCUT2D eigenvalue weighted by atomic mass is 16.2. The van der Waals surface area contributed by atoms with Crippen molar-refractivity contribution in [3.05, 3.63) is 42.5 Å². The molecule has 0 aliphatic carbocycles. The van der Waals surface area contributed by atoms with Crippen LogP contribution < -0.4 is 10.2 Å². The number of H-pyrrole nitrogens is 1. The number of piperazine rings is 1. The molecule has 0 atom stereocenters. The zero-order valence-electron chi connectivity index (χ0n) is 16.8. The Morgan fingerprint density at radius 3 is 2.90 bits per heavy atom. The Hall–Kier alpha value is -3.36. The molecule has 3 heterocycles. The summed E-state index contributed by atoms with van der Waals surface area (Å²) in [5.74, 6) is 1.80. The van der Waals surface area contributed by atoms with Gasteiger partial charge in [0, 0.05) is 46.3 Å². The lowest BCUT2D eigenvalue weighted by atomic mass is 10.3. The van der Waals surface area contributed by atoms with Crippen molar-refractivity contribution in [3.63, 3.8) is 0 Å². The van der Waals surface area contributed by atoms with Crippen LogP contribution in [0.15, 0.2) is 41.7 Å². The van der Waals surface area contributed by atoms with E-state index in [1.807, 2.05) is 42.4 Å². The molecule has 2 N–H and O–H groups in total. The number of aliphatic imine (C=N–C) groups is 1. The molecule has 1 aromatic carbocycles. The average molecular weight is 394 g/mol. The van der Waals surface area contributed by atoms with Gasteiger partial charge in [-0.2, -0.15) is 5.10 Å². The predicted octanol–water partition coefficient (Wildman–Crippen LogP) is 1.15. The quantitative estimate of drug-likeness (QED) is 0.385. The molecule has 0 saturated carbocycles. The van der Waals surface area contributed by atoms with Gasteiger partial charge in [0.25, 0.3) is 0 Å². The van der Waals surface area contributed by atoms with Gasteiger partial charge in [-0.1, -0.05) is 12.1 Å². The third-order valence-electron chi connectivity index (χ3n) is 5.05. The van der Waals surface area contributed by atoms with Gasteiger partial charge in [0.05, 0.1) is 22.9 Å². The fourth-order valence-electron chi connectivity index (χ4n) is 3.59. The summed E-state index contributed by atoms with van der Waals surface area (Å²) in [5, 5.41) is 7.52. The summed E-state index contributed by atoms with van der Waals surface area (Å²) >= 11 is 0. The zero-order valence-corrected chi connectivity index (χ0v) is 16.8. The summed E-state index contributed by atoms with van der Waals surface area (Å²) in [5.41, 5.74) is 2.90. The van der Waals surface area contributed by atoms with Crippen molar-refractivity contribution >= 4 is 28.6 Å². The number of anilines is 1. The van der Waals surface area contributed by atoms with Crippen LogP contribution in [0.1, 0.15) is 12.2 Å². The van der Waals surface area contributed by atoms with E-state index in [9.17, 15) is 4.79 Å². The molecular formula is C20H26N8O. The van der Waals surface area contributed by atoms with E-state index < -0.39 is 0 Å².